The van der Waals surface area contributed by atoms with Crippen LogP contribution in [0.2, 0.25) is 0 Å². The first-order valence-electron chi connectivity index (χ1n) is 8.12. The molecule has 1 heterocycles. The molecule has 0 aromatic rings. The van der Waals surface area contributed by atoms with Gasteiger partial charge in [-0.3, -0.25) is 0 Å². The molecular weight excluding hydrogens is 236 g/mol. The second kappa shape index (κ2) is 8.93. The van der Waals surface area contributed by atoms with Crippen LogP contribution in [0.1, 0.15) is 47.0 Å². The summed E-state index contributed by atoms with van der Waals surface area (Å²) < 4.78 is 5.56. The number of hydrogen-bond donors (Lipinski definition) is 1. The van der Waals surface area contributed by atoms with E-state index in [0.717, 1.165) is 38.8 Å². The molecule has 0 unspecified atom stereocenters. The SMILES string of the molecule is CCC(CC)(CNCC(C)C)CN1CCCOCC1. The molecule has 1 rings (SSSR count). The van der Waals surface area contributed by atoms with Gasteiger partial charge in [0.25, 0.3) is 0 Å². The third-order valence-corrected chi connectivity index (χ3v) is 4.43. The van der Waals surface area contributed by atoms with Gasteiger partial charge in [-0.2, -0.15) is 0 Å². The van der Waals surface area contributed by atoms with Crippen LogP contribution in [0, 0.1) is 11.3 Å². The number of hydrogen-bond acceptors (Lipinski definition) is 3. The second-order valence-electron chi connectivity index (χ2n) is 6.47. The van der Waals surface area contributed by atoms with Crippen molar-refractivity contribution in [3.63, 3.8) is 0 Å². The normalized spacial score (nSPS) is 18.8. The minimum atomic E-state index is 0.430. The van der Waals surface area contributed by atoms with Gasteiger partial charge < -0.3 is 15.0 Å². The summed E-state index contributed by atoms with van der Waals surface area (Å²) in [6, 6.07) is 0. The summed E-state index contributed by atoms with van der Waals surface area (Å²) in [5.41, 5.74) is 0.430. The highest BCUT2D eigenvalue weighted by molar-refractivity contribution is 4.83. The van der Waals surface area contributed by atoms with Crippen molar-refractivity contribution in [1.82, 2.24) is 10.2 Å². The molecule has 0 atom stereocenters. The molecule has 1 aliphatic rings. The molecule has 0 aromatic carbocycles. The predicted octanol–water partition coefficient (Wildman–Crippen LogP) is 2.76. The summed E-state index contributed by atoms with van der Waals surface area (Å²) in [6.07, 6.45) is 3.70. The quantitative estimate of drug-likeness (QED) is 0.734. The van der Waals surface area contributed by atoms with Gasteiger partial charge in [0, 0.05) is 32.8 Å². The molecule has 0 aromatic heterocycles. The van der Waals surface area contributed by atoms with E-state index in [-0.39, 0.29) is 0 Å². The van der Waals surface area contributed by atoms with Crippen molar-refractivity contribution in [1.29, 1.82) is 0 Å². The Morgan fingerprint density at radius 2 is 1.89 bits per heavy atom. The molecule has 1 N–H and O–H groups in total. The molecule has 0 bridgehead atoms. The predicted molar refractivity (Wildman–Crippen MR) is 82.6 cm³/mol. The molecule has 1 saturated heterocycles. The highest BCUT2D eigenvalue weighted by Gasteiger charge is 2.28. The summed E-state index contributed by atoms with van der Waals surface area (Å²) in [6.45, 7) is 16.9. The molecule has 1 fully saturated rings. The maximum Gasteiger partial charge on any atom is 0.0593 e. The van der Waals surface area contributed by atoms with Crippen LogP contribution in [0.25, 0.3) is 0 Å². The highest BCUT2D eigenvalue weighted by atomic mass is 16.5. The van der Waals surface area contributed by atoms with E-state index >= 15 is 0 Å². The maximum atomic E-state index is 5.56. The summed E-state index contributed by atoms with van der Waals surface area (Å²) in [7, 11) is 0. The van der Waals surface area contributed by atoms with E-state index in [2.05, 4.69) is 37.9 Å². The first-order chi connectivity index (χ1) is 9.12. The Labute approximate surface area is 120 Å². The first-order valence-corrected chi connectivity index (χ1v) is 8.12. The van der Waals surface area contributed by atoms with Crippen molar-refractivity contribution < 1.29 is 4.74 Å². The summed E-state index contributed by atoms with van der Waals surface area (Å²) in [4.78, 5) is 2.61. The largest absolute Gasteiger partial charge is 0.380 e. The van der Waals surface area contributed by atoms with E-state index in [4.69, 9.17) is 4.74 Å². The summed E-state index contributed by atoms with van der Waals surface area (Å²) >= 11 is 0. The van der Waals surface area contributed by atoms with Gasteiger partial charge >= 0.3 is 0 Å². The topological polar surface area (TPSA) is 24.5 Å². The number of ether oxygens (including phenoxy) is 1. The van der Waals surface area contributed by atoms with Crippen molar-refractivity contribution in [2.24, 2.45) is 11.3 Å². The molecule has 1 aliphatic heterocycles. The average Bonchev–Trinajstić information content (AvgIpc) is 2.65. The van der Waals surface area contributed by atoms with E-state index in [1.54, 1.807) is 0 Å². The fourth-order valence-corrected chi connectivity index (χ4v) is 2.84. The van der Waals surface area contributed by atoms with Crippen molar-refractivity contribution in [2.45, 2.75) is 47.0 Å². The van der Waals surface area contributed by atoms with Gasteiger partial charge in [-0.15, -0.1) is 0 Å². The van der Waals surface area contributed by atoms with Crippen LogP contribution < -0.4 is 5.32 Å². The van der Waals surface area contributed by atoms with E-state index < -0.39 is 0 Å². The first kappa shape index (κ1) is 16.9. The zero-order chi connectivity index (χ0) is 14.1. The van der Waals surface area contributed by atoms with E-state index in [1.165, 1.54) is 32.4 Å². The molecule has 0 aliphatic carbocycles. The second-order valence-corrected chi connectivity index (χ2v) is 6.47. The van der Waals surface area contributed by atoms with Crippen molar-refractivity contribution in [3.05, 3.63) is 0 Å². The van der Waals surface area contributed by atoms with Gasteiger partial charge in [-0.1, -0.05) is 27.7 Å². The zero-order valence-electron chi connectivity index (χ0n) is 13.5. The Kier molecular flexibility index (Phi) is 7.96. The lowest BCUT2D eigenvalue weighted by molar-refractivity contribution is 0.114. The monoisotopic (exact) mass is 270 g/mol. The Morgan fingerprint density at radius 3 is 2.53 bits per heavy atom. The Bertz CT molecular complexity index is 219. The average molecular weight is 270 g/mol. The van der Waals surface area contributed by atoms with Gasteiger partial charge in [-0.25, -0.2) is 0 Å². The van der Waals surface area contributed by atoms with Gasteiger partial charge in [0.1, 0.15) is 0 Å². The molecule has 0 radical (unpaired) electrons. The van der Waals surface area contributed by atoms with Gasteiger partial charge in [-0.05, 0) is 37.1 Å². The standard InChI is InChI=1S/C16H34N2O/c1-5-16(6-2,13-17-12-15(3)4)14-18-8-7-10-19-11-9-18/h15,17H,5-14H2,1-4H3. The Balaban J connectivity index is 2.48. The van der Waals surface area contributed by atoms with Crippen LogP contribution in [0.4, 0.5) is 0 Å². The summed E-state index contributed by atoms with van der Waals surface area (Å²) in [5.74, 6) is 0.734. The smallest absolute Gasteiger partial charge is 0.0593 e. The van der Waals surface area contributed by atoms with Crippen LogP contribution in [-0.4, -0.2) is 50.8 Å². The van der Waals surface area contributed by atoms with Crippen LogP contribution in [0.3, 0.4) is 0 Å². The number of nitrogens with one attached hydrogen (secondary N) is 1. The lowest BCUT2D eigenvalue weighted by Crippen LogP contribution is -2.45. The van der Waals surface area contributed by atoms with Crippen molar-refractivity contribution in [3.8, 4) is 0 Å². The molecule has 3 heteroatoms. The van der Waals surface area contributed by atoms with E-state index in [9.17, 15) is 0 Å². The third-order valence-electron chi connectivity index (χ3n) is 4.43. The Morgan fingerprint density at radius 1 is 1.16 bits per heavy atom. The molecular formula is C16H34N2O. The van der Waals surface area contributed by atoms with E-state index in [1.807, 2.05) is 0 Å². The summed E-state index contributed by atoms with van der Waals surface area (Å²) in [5, 5.41) is 3.67. The molecule has 0 saturated carbocycles. The number of nitrogens with zero attached hydrogens (tertiary/aromatic N) is 1. The lowest BCUT2D eigenvalue weighted by atomic mass is 9.81. The van der Waals surface area contributed by atoms with E-state index in [0.29, 0.717) is 5.41 Å². The minimum Gasteiger partial charge on any atom is -0.380 e. The van der Waals surface area contributed by atoms with Crippen molar-refractivity contribution in [2.75, 3.05) is 45.9 Å². The van der Waals surface area contributed by atoms with Gasteiger partial charge in [0.05, 0.1) is 6.61 Å². The minimum absolute atomic E-state index is 0.430. The van der Waals surface area contributed by atoms with Crippen LogP contribution >= 0.6 is 0 Å². The Hall–Kier alpha value is -0.120. The van der Waals surface area contributed by atoms with Gasteiger partial charge in [0.15, 0.2) is 0 Å². The fourth-order valence-electron chi connectivity index (χ4n) is 2.84. The molecule has 3 nitrogen and oxygen atoms in total. The molecule has 114 valence electrons. The maximum absolute atomic E-state index is 5.56. The fraction of sp³-hybridized carbons (Fsp3) is 1.00. The molecule has 0 amide bonds. The number of rotatable bonds is 8. The highest BCUT2D eigenvalue weighted by Crippen LogP contribution is 2.27. The molecule has 0 spiro atoms. The van der Waals surface area contributed by atoms with Crippen LogP contribution in [-0.2, 0) is 4.74 Å². The van der Waals surface area contributed by atoms with Crippen LogP contribution in [0.15, 0.2) is 0 Å². The lowest BCUT2D eigenvalue weighted by Gasteiger charge is -2.37. The zero-order valence-corrected chi connectivity index (χ0v) is 13.5. The van der Waals surface area contributed by atoms with Crippen molar-refractivity contribution >= 4 is 0 Å². The molecule has 19 heavy (non-hydrogen) atoms. The van der Waals surface area contributed by atoms with Crippen LogP contribution in [0.5, 0.6) is 0 Å². The third kappa shape index (κ3) is 6.24. The van der Waals surface area contributed by atoms with Gasteiger partial charge in [0.2, 0.25) is 0 Å².